The summed E-state index contributed by atoms with van der Waals surface area (Å²) in [6, 6.07) is 8.12. The van der Waals surface area contributed by atoms with Gasteiger partial charge in [0.05, 0.1) is 19.1 Å². The summed E-state index contributed by atoms with van der Waals surface area (Å²) in [6.07, 6.45) is 3.91. The van der Waals surface area contributed by atoms with Crippen molar-refractivity contribution in [2.75, 3.05) is 25.0 Å². The van der Waals surface area contributed by atoms with E-state index < -0.39 is 0 Å². The summed E-state index contributed by atoms with van der Waals surface area (Å²) in [5.41, 5.74) is 2.18. The Hall–Kier alpha value is -1.10. The molecule has 2 rings (SSSR count). The lowest BCUT2D eigenvalue weighted by atomic mass is 10.1. The molecule has 1 aliphatic heterocycles. The van der Waals surface area contributed by atoms with Crippen LogP contribution in [0.4, 0.5) is 5.69 Å². The molecule has 1 aromatic rings. The van der Waals surface area contributed by atoms with Crippen molar-refractivity contribution in [1.82, 2.24) is 5.32 Å². The molecule has 0 aromatic heterocycles. The minimum atomic E-state index is -0.00687. The first-order valence-electron chi connectivity index (χ1n) is 7.49. The SMILES string of the molecule is CCCCc1ccc(NC(=O)CC2CNCCO2)cc1.Cl. The molecule has 0 aliphatic carbocycles. The third kappa shape index (κ3) is 6.46. The molecule has 0 radical (unpaired) electrons. The van der Waals surface area contributed by atoms with E-state index in [-0.39, 0.29) is 24.4 Å². The van der Waals surface area contributed by atoms with Gasteiger partial charge < -0.3 is 15.4 Å². The lowest BCUT2D eigenvalue weighted by molar-refractivity contribution is -0.119. The number of amides is 1. The van der Waals surface area contributed by atoms with Gasteiger partial charge in [0.25, 0.3) is 0 Å². The number of carbonyl (C=O) groups excluding carboxylic acids is 1. The number of aryl methyl sites for hydroxylation is 1. The average molecular weight is 313 g/mol. The van der Waals surface area contributed by atoms with Crippen LogP contribution in [-0.4, -0.2) is 31.7 Å². The summed E-state index contributed by atoms with van der Waals surface area (Å²) in [4.78, 5) is 11.9. The maximum atomic E-state index is 11.9. The molecule has 1 unspecified atom stereocenters. The number of hydrogen-bond donors (Lipinski definition) is 2. The maximum absolute atomic E-state index is 11.9. The number of rotatable bonds is 6. The summed E-state index contributed by atoms with van der Waals surface area (Å²) in [7, 11) is 0. The van der Waals surface area contributed by atoms with E-state index in [4.69, 9.17) is 4.74 Å². The van der Waals surface area contributed by atoms with Crippen LogP contribution in [0.5, 0.6) is 0 Å². The van der Waals surface area contributed by atoms with Gasteiger partial charge in [-0.25, -0.2) is 0 Å². The van der Waals surface area contributed by atoms with Gasteiger partial charge in [-0.3, -0.25) is 4.79 Å². The van der Waals surface area contributed by atoms with Crippen molar-refractivity contribution in [3.05, 3.63) is 29.8 Å². The van der Waals surface area contributed by atoms with Crippen molar-refractivity contribution in [3.8, 4) is 0 Å². The van der Waals surface area contributed by atoms with Gasteiger partial charge in [-0.1, -0.05) is 25.5 Å². The van der Waals surface area contributed by atoms with E-state index in [1.807, 2.05) is 12.1 Å². The van der Waals surface area contributed by atoms with Crippen LogP contribution in [0.3, 0.4) is 0 Å². The highest BCUT2D eigenvalue weighted by Crippen LogP contribution is 2.13. The minimum absolute atomic E-state index is 0. The van der Waals surface area contributed by atoms with Gasteiger partial charge in [0, 0.05) is 18.8 Å². The Balaban J connectivity index is 0.00000220. The lowest BCUT2D eigenvalue weighted by Gasteiger charge is -2.23. The largest absolute Gasteiger partial charge is 0.375 e. The van der Waals surface area contributed by atoms with Crippen molar-refractivity contribution in [2.45, 2.75) is 38.7 Å². The molecule has 118 valence electrons. The number of halogens is 1. The smallest absolute Gasteiger partial charge is 0.227 e. The van der Waals surface area contributed by atoms with Crippen LogP contribution in [0.1, 0.15) is 31.7 Å². The Bertz CT molecular complexity index is 417. The van der Waals surface area contributed by atoms with Crippen molar-refractivity contribution in [2.24, 2.45) is 0 Å². The maximum Gasteiger partial charge on any atom is 0.227 e. The highest BCUT2D eigenvalue weighted by atomic mass is 35.5. The van der Waals surface area contributed by atoms with Crippen LogP contribution in [0.2, 0.25) is 0 Å². The molecule has 1 heterocycles. The van der Waals surface area contributed by atoms with Crippen LogP contribution in [0.15, 0.2) is 24.3 Å². The predicted octanol–water partition coefficient (Wildman–Crippen LogP) is 2.77. The van der Waals surface area contributed by atoms with Crippen molar-refractivity contribution in [3.63, 3.8) is 0 Å². The van der Waals surface area contributed by atoms with E-state index >= 15 is 0 Å². The van der Waals surface area contributed by atoms with Crippen LogP contribution in [0.25, 0.3) is 0 Å². The van der Waals surface area contributed by atoms with Gasteiger partial charge in [0.15, 0.2) is 0 Å². The van der Waals surface area contributed by atoms with Crippen LogP contribution < -0.4 is 10.6 Å². The van der Waals surface area contributed by atoms with E-state index in [1.165, 1.54) is 18.4 Å². The van der Waals surface area contributed by atoms with Crippen molar-refractivity contribution < 1.29 is 9.53 Å². The lowest BCUT2D eigenvalue weighted by Crippen LogP contribution is -2.40. The first-order valence-corrected chi connectivity index (χ1v) is 7.49. The first-order chi connectivity index (χ1) is 9.78. The number of unbranched alkanes of at least 4 members (excludes halogenated alkanes) is 1. The van der Waals surface area contributed by atoms with Crippen LogP contribution >= 0.6 is 12.4 Å². The molecular formula is C16H25ClN2O2. The molecule has 1 atom stereocenters. The van der Waals surface area contributed by atoms with E-state index in [9.17, 15) is 4.79 Å². The molecule has 2 N–H and O–H groups in total. The zero-order valence-corrected chi connectivity index (χ0v) is 13.4. The highest BCUT2D eigenvalue weighted by molar-refractivity contribution is 5.91. The molecule has 1 aromatic carbocycles. The molecule has 4 nitrogen and oxygen atoms in total. The Morgan fingerprint density at radius 2 is 2.14 bits per heavy atom. The number of carbonyl (C=O) groups is 1. The van der Waals surface area contributed by atoms with Gasteiger partial charge in [-0.05, 0) is 30.5 Å². The Labute approximate surface area is 133 Å². The molecular weight excluding hydrogens is 288 g/mol. The summed E-state index contributed by atoms with van der Waals surface area (Å²) in [6.45, 7) is 4.50. The molecule has 1 amide bonds. The number of morpholine rings is 1. The summed E-state index contributed by atoms with van der Waals surface area (Å²) >= 11 is 0. The fourth-order valence-electron chi connectivity index (χ4n) is 2.31. The molecule has 1 saturated heterocycles. The van der Waals surface area contributed by atoms with E-state index in [0.717, 1.165) is 25.2 Å². The number of nitrogens with one attached hydrogen (secondary N) is 2. The number of benzene rings is 1. The Morgan fingerprint density at radius 3 is 2.76 bits per heavy atom. The third-order valence-electron chi connectivity index (χ3n) is 3.47. The van der Waals surface area contributed by atoms with Gasteiger partial charge >= 0.3 is 0 Å². The fourth-order valence-corrected chi connectivity index (χ4v) is 2.31. The summed E-state index contributed by atoms with van der Waals surface area (Å²) in [5, 5.41) is 6.15. The first kappa shape index (κ1) is 18.0. The monoisotopic (exact) mass is 312 g/mol. The van der Waals surface area contributed by atoms with Gasteiger partial charge in [0.1, 0.15) is 0 Å². The predicted molar refractivity (Wildman–Crippen MR) is 88.2 cm³/mol. The van der Waals surface area contributed by atoms with E-state index in [0.29, 0.717) is 13.0 Å². The highest BCUT2D eigenvalue weighted by Gasteiger charge is 2.17. The molecule has 0 spiro atoms. The third-order valence-corrected chi connectivity index (χ3v) is 3.47. The quantitative estimate of drug-likeness (QED) is 0.849. The number of anilines is 1. The standard InChI is InChI=1S/C16H24N2O2.ClH/c1-2-3-4-13-5-7-14(8-6-13)18-16(19)11-15-12-17-9-10-20-15;/h5-8,15,17H,2-4,9-12H2,1H3,(H,18,19);1H. The average Bonchev–Trinajstić information content (AvgIpc) is 2.47. The molecule has 21 heavy (non-hydrogen) atoms. The second kappa shape index (κ2) is 9.77. The second-order valence-corrected chi connectivity index (χ2v) is 5.25. The number of hydrogen-bond acceptors (Lipinski definition) is 3. The molecule has 0 bridgehead atoms. The fraction of sp³-hybridized carbons (Fsp3) is 0.562. The zero-order valence-electron chi connectivity index (χ0n) is 12.6. The Kier molecular flexibility index (Phi) is 8.35. The van der Waals surface area contributed by atoms with E-state index in [2.05, 4.69) is 29.7 Å². The molecule has 1 aliphatic rings. The topological polar surface area (TPSA) is 50.4 Å². The molecule has 5 heteroatoms. The second-order valence-electron chi connectivity index (χ2n) is 5.25. The number of ether oxygens (including phenoxy) is 1. The van der Waals surface area contributed by atoms with E-state index in [1.54, 1.807) is 0 Å². The molecule has 0 saturated carbocycles. The minimum Gasteiger partial charge on any atom is -0.375 e. The van der Waals surface area contributed by atoms with Crippen LogP contribution in [0, 0.1) is 0 Å². The normalized spacial score (nSPS) is 17.9. The molecule has 1 fully saturated rings. The van der Waals surface area contributed by atoms with Gasteiger partial charge in [-0.2, -0.15) is 0 Å². The summed E-state index contributed by atoms with van der Waals surface area (Å²) < 4.78 is 5.53. The van der Waals surface area contributed by atoms with Crippen molar-refractivity contribution in [1.29, 1.82) is 0 Å². The van der Waals surface area contributed by atoms with Gasteiger partial charge in [0.2, 0.25) is 5.91 Å². The van der Waals surface area contributed by atoms with Crippen molar-refractivity contribution >= 4 is 24.0 Å². The summed E-state index contributed by atoms with van der Waals surface area (Å²) in [5.74, 6) is 0.0139. The zero-order chi connectivity index (χ0) is 14.2. The van der Waals surface area contributed by atoms with Gasteiger partial charge in [-0.15, -0.1) is 12.4 Å². The van der Waals surface area contributed by atoms with Crippen LogP contribution in [-0.2, 0) is 16.0 Å². The Morgan fingerprint density at radius 1 is 1.38 bits per heavy atom.